The molecule has 0 radical (unpaired) electrons. The molecule has 1 aromatic rings. The Morgan fingerprint density at radius 3 is 2.40 bits per heavy atom. The highest BCUT2D eigenvalue weighted by Gasteiger charge is 2.39. The van der Waals surface area contributed by atoms with Gasteiger partial charge in [-0.1, -0.05) is 0 Å². The summed E-state index contributed by atoms with van der Waals surface area (Å²) in [6.45, 7) is 7.31. The van der Waals surface area contributed by atoms with Gasteiger partial charge in [0.2, 0.25) is 0 Å². The van der Waals surface area contributed by atoms with Crippen LogP contribution in [-0.4, -0.2) is 34.3 Å². The monoisotopic (exact) mass is 286 g/mol. The minimum atomic E-state index is -4.52. The second-order valence-corrected chi connectivity index (χ2v) is 6.06. The molecule has 0 aliphatic carbocycles. The lowest BCUT2D eigenvalue weighted by Crippen LogP contribution is -2.58. The van der Waals surface area contributed by atoms with Gasteiger partial charge in [-0.05, 0) is 32.9 Å². The van der Waals surface area contributed by atoms with E-state index in [2.05, 4.69) is 9.88 Å². The summed E-state index contributed by atoms with van der Waals surface area (Å²) in [5.74, 6) is -0.462. The van der Waals surface area contributed by atoms with Crippen LogP contribution in [0.3, 0.4) is 0 Å². The molecule has 0 bridgehead atoms. The zero-order valence-corrected chi connectivity index (χ0v) is 11.7. The van der Waals surface area contributed by atoms with Gasteiger partial charge in [0, 0.05) is 36.3 Å². The van der Waals surface area contributed by atoms with E-state index in [0.717, 1.165) is 12.3 Å². The zero-order chi connectivity index (χ0) is 15.1. The fraction of sp³-hybridized carbons (Fsp3) is 0.571. The summed E-state index contributed by atoms with van der Waals surface area (Å²) in [6.07, 6.45) is -3.48. The molecule has 0 saturated carbocycles. The minimum absolute atomic E-state index is 0.0217. The number of Topliss-reactive ketones (excluding diaryl/α,β-unsaturated/α-hetero) is 1. The van der Waals surface area contributed by atoms with Gasteiger partial charge < -0.3 is 0 Å². The summed E-state index contributed by atoms with van der Waals surface area (Å²) in [6, 6.07) is 2.18. The third kappa shape index (κ3) is 3.00. The second kappa shape index (κ2) is 4.84. The van der Waals surface area contributed by atoms with Crippen molar-refractivity contribution in [3.63, 3.8) is 0 Å². The summed E-state index contributed by atoms with van der Waals surface area (Å²) in [5.41, 5.74) is -0.951. The van der Waals surface area contributed by atoms with Crippen molar-refractivity contribution < 1.29 is 18.0 Å². The van der Waals surface area contributed by atoms with Crippen molar-refractivity contribution in [1.82, 2.24) is 9.88 Å². The SMILES string of the molecule is CC(C)(C)N1CC(C(=O)c2ccnc(C(F)(F)F)c2)C1. The summed E-state index contributed by atoms with van der Waals surface area (Å²) in [7, 11) is 0. The maximum absolute atomic E-state index is 12.6. The highest BCUT2D eigenvalue weighted by Crippen LogP contribution is 2.30. The molecule has 1 aromatic heterocycles. The topological polar surface area (TPSA) is 33.2 Å². The standard InChI is InChI=1S/C14H17F3N2O/c1-13(2,3)19-7-10(8-19)12(20)9-4-5-18-11(6-9)14(15,16)17/h4-6,10H,7-8H2,1-3H3. The number of carbonyl (C=O) groups excluding carboxylic acids is 1. The molecule has 1 fully saturated rings. The normalized spacial score (nSPS) is 17.9. The van der Waals surface area contributed by atoms with Gasteiger partial charge in [-0.2, -0.15) is 13.2 Å². The molecule has 3 nitrogen and oxygen atoms in total. The quantitative estimate of drug-likeness (QED) is 0.784. The average molecular weight is 286 g/mol. The summed E-state index contributed by atoms with van der Waals surface area (Å²) < 4.78 is 37.7. The number of pyridine rings is 1. The lowest BCUT2D eigenvalue weighted by Gasteiger charge is -2.47. The van der Waals surface area contributed by atoms with Crippen molar-refractivity contribution in [2.24, 2.45) is 5.92 Å². The predicted octanol–water partition coefficient (Wildman–Crippen LogP) is 3.01. The second-order valence-electron chi connectivity index (χ2n) is 6.06. The number of likely N-dealkylation sites (tertiary alicyclic amines) is 1. The molecule has 110 valence electrons. The van der Waals surface area contributed by atoms with Crippen LogP contribution in [0.2, 0.25) is 0 Å². The number of hydrogen-bond acceptors (Lipinski definition) is 3. The first-order chi connectivity index (χ1) is 9.09. The Hall–Kier alpha value is -1.43. The van der Waals surface area contributed by atoms with Crippen LogP contribution in [0, 0.1) is 5.92 Å². The van der Waals surface area contributed by atoms with Crippen LogP contribution in [0.5, 0.6) is 0 Å². The third-order valence-electron chi connectivity index (χ3n) is 3.54. The molecule has 0 aromatic carbocycles. The number of hydrogen-bond donors (Lipinski definition) is 0. The van der Waals surface area contributed by atoms with Gasteiger partial charge in [-0.15, -0.1) is 0 Å². The highest BCUT2D eigenvalue weighted by molar-refractivity contribution is 5.98. The molecule has 0 spiro atoms. The summed E-state index contributed by atoms with van der Waals surface area (Å²) in [5, 5.41) is 0. The van der Waals surface area contributed by atoms with Crippen LogP contribution in [0.15, 0.2) is 18.3 Å². The number of alkyl halides is 3. The molecule has 0 unspecified atom stereocenters. The molecule has 1 aliphatic heterocycles. The van der Waals surface area contributed by atoms with Crippen molar-refractivity contribution >= 4 is 5.78 Å². The van der Waals surface area contributed by atoms with E-state index in [4.69, 9.17) is 0 Å². The summed E-state index contributed by atoms with van der Waals surface area (Å²) in [4.78, 5) is 17.5. The fourth-order valence-corrected chi connectivity index (χ4v) is 2.17. The molecule has 1 aliphatic rings. The number of nitrogens with zero attached hydrogens (tertiary/aromatic N) is 2. The van der Waals surface area contributed by atoms with Crippen molar-refractivity contribution in [3.8, 4) is 0 Å². The average Bonchev–Trinajstić information content (AvgIpc) is 2.24. The van der Waals surface area contributed by atoms with Crippen molar-refractivity contribution in [1.29, 1.82) is 0 Å². The Balaban J connectivity index is 2.09. The fourth-order valence-electron chi connectivity index (χ4n) is 2.17. The minimum Gasteiger partial charge on any atom is -0.297 e. The van der Waals surface area contributed by atoms with Crippen LogP contribution in [0.4, 0.5) is 13.2 Å². The molecule has 0 atom stereocenters. The molecule has 1 saturated heterocycles. The molecular weight excluding hydrogens is 269 g/mol. The molecule has 2 rings (SSSR count). The van der Waals surface area contributed by atoms with Crippen LogP contribution in [0.1, 0.15) is 36.8 Å². The molecule has 6 heteroatoms. The van der Waals surface area contributed by atoms with E-state index < -0.39 is 11.9 Å². The van der Waals surface area contributed by atoms with Gasteiger partial charge in [0.15, 0.2) is 5.78 Å². The largest absolute Gasteiger partial charge is 0.433 e. The number of halogens is 3. The Kier molecular flexibility index (Phi) is 3.62. The molecule has 0 amide bonds. The van der Waals surface area contributed by atoms with E-state index in [1.165, 1.54) is 6.07 Å². The van der Waals surface area contributed by atoms with Crippen LogP contribution < -0.4 is 0 Å². The molecule has 20 heavy (non-hydrogen) atoms. The van der Waals surface area contributed by atoms with Gasteiger partial charge in [0.25, 0.3) is 0 Å². The Labute approximate surface area is 115 Å². The summed E-state index contributed by atoms with van der Waals surface area (Å²) >= 11 is 0. The van der Waals surface area contributed by atoms with Gasteiger partial charge in [-0.3, -0.25) is 14.7 Å². The van der Waals surface area contributed by atoms with Crippen LogP contribution in [0.25, 0.3) is 0 Å². The first kappa shape index (κ1) is 15.0. The molecule has 2 heterocycles. The van der Waals surface area contributed by atoms with E-state index in [0.29, 0.717) is 13.1 Å². The number of ketones is 1. The predicted molar refractivity (Wildman–Crippen MR) is 68.4 cm³/mol. The van der Waals surface area contributed by atoms with E-state index in [-0.39, 0.29) is 22.8 Å². The lowest BCUT2D eigenvalue weighted by molar-refractivity contribution is -0.141. The number of aromatic nitrogens is 1. The third-order valence-corrected chi connectivity index (χ3v) is 3.54. The van der Waals surface area contributed by atoms with Gasteiger partial charge in [0.05, 0.1) is 0 Å². The van der Waals surface area contributed by atoms with E-state index in [1.807, 2.05) is 20.8 Å². The van der Waals surface area contributed by atoms with Gasteiger partial charge >= 0.3 is 6.18 Å². The van der Waals surface area contributed by atoms with E-state index >= 15 is 0 Å². The Bertz CT molecular complexity index is 514. The number of carbonyl (C=O) groups is 1. The Morgan fingerprint density at radius 2 is 1.90 bits per heavy atom. The Morgan fingerprint density at radius 1 is 1.30 bits per heavy atom. The maximum Gasteiger partial charge on any atom is 0.433 e. The lowest BCUT2D eigenvalue weighted by atomic mass is 9.87. The number of rotatable bonds is 2. The molecular formula is C14H17F3N2O. The van der Waals surface area contributed by atoms with Crippen molar-refractivity contribution in [3.05, 3.63) is 29.6 Å². The highest BCUT2D eigenvalue weighted by atomic mass is 19.4. The van der Waals surface area contributed by atoms with Crippen LogP contribution >= 0.6 is 0 Å². The first-order valence-corrected chi connectivity index (χ1v) is 6.41. The van der Waals surface area contributed by atoms with Gasteiger partial charge in [-0.25, -0.2) is 0 Å². The zero-order valence-electron chi connectivity index (χ0n) is 11.7. The smallest absolute Gasteiger partial charge is 0.297 e. The van der Waals surface area contributed by atoms with E-state index in [1.54, 1.807) is 0 Å². The molecule has 0 N–H and O–H groups in total. The van der Waals surface area contributed by atoms with E-state index in [9.17, 15) is 18.0 Å². The van der Waals surface area contributed by atoms with Crippen molar-refractivity contribution in [2.45, 2.75) is 32.5 Å². The van der Waals surface area contributed by atoms with Gasteiger partial charge in [0.1, 0.15) is 5.69 Å². The maximum atomic E-state index is 12.6. The van der Waals surface area contributed by atoms with Crippen molar-refractivity contribution in [2.75, 3.05) is 13.1 Å². The van der Waals surface area contributed by atoms with Crippen LogP contribution in [-0.2, 0) is 6.18 Å². The first-order valence-electron chi connectivity index (χ1n) is 6.41.